The second-order valence-electron chi connectivity index (χ2n) is 7.37. The van der Waals surface area contributed by atoms with Crippen molar-refractivity contribution in [3.8, 4) is 0 Å². The van der Waals surface area contributed by atoms with Crippen LogP contribution in [0.25, 0.3) is 5.57 Å². The first-order chi connectivity index (χ1) is 14.1. The van der Waals surface area contributed by atoms with Crippen molar-refractivity contribution in [1.82, 2.24) is 15.1 Å². The van der Waals surface area contributed by atoms with Gasteiger partial charge in [-0.15, -0.1) is 0 Å². The van der Waals surface area contributed by atoms with Crippen LogP contribution >= 0.6 is 0 Å². The minimum Gasteiger partial charge on any atom is -0.338 e. The van der Waals surface area contributed by atoms with E-state index < -0.39 is 6.04 Å². The van der Waals surface area contributed by atoms with Crippen LogP contribution in [-0.2, 0) is 9.59 Å². The summed E-state index contributed by atoms with van der Waals surface area (Å²) < 4.78 is 0. The molecule has 152 valence electrons. The molecule has 1 saturated heterocycles. The number of benzene rings is 2. The molecule has 0 aromatic heterocycles. The number of amides is 2. The van der Waals surface area contributed by atoms with Crippen LogP contribution in [0, 0.1) is 0 Å². The van der Waals surface area contributed by atoms with Gasteiger partial charge >= 0.3 is 0 Å². The lowest BCUT2D eigenvalue weighted by molar-refractivity contribution is -0.137. The Balaban J connectivity index is 1.80. The molecule has 1 aliphatic heterocycles. The fraction of sp³-hybridized carbons (Fsp3) is 0.333. The maximum Gasteiger partial charge on any atom is 0.249 e. The Morgan fingerprint density at radius 1 is 0.966 bits per heavy atom. The van der Waals surface area contributed by atoms with Gasteiger partial charge in [0.05, 0.1) is 0 Å². The highest BCUT2D eigenvalue weighted by molar-refractivity contribution is 5.98. The lowest BCUT2D eigenvalue weighted by Gasteiger charge is -2.34. The van der Waals surface area contributed by atoms with Gasteiger partial charge in [0.15, 0.2) is 0 Å². The first kappa shape index (κ1) is 20.8. The number of nitrogens with zero attached hydrogens (tertiary/aromatic N) is 2. The monoisotopic (exact) mass is 391 g/mol. The maximum absolute atomic E-state index is 13.2. The van der Waals surface area contributed by atoms with Gasteiger partial charge in [-0.25, -0.2) is 0 Å². The Morgan fingerprint density at radius 2 is 1.55 bits per heavy atom. The Kier molecular flexibility index (Phi) is 7.19. The van der Waals surface area contributed by atoms with E-state index in [9.17, 15) is 9.59 Å². The minimum absolute atomic E-state index is 0.0520. The van der Waals surface area contributed by atoms with E-state index in [1.165, 1.54) is 0 Å². The molecule has 5 nitrogen and oxygen atoms in total. The predicted molar refractivity (Wildman–Crippen MR) is 116 cm³/mol. The van der Waals surface area contributed by atoms with E-state index in [1.807, 2.05) is 72.5 Å². The Hall–Kier alpha value is -2.92. The van der Waals surface area contributed by atoms with Gasteiger partial charge in [-0.1, -0.05) is 67.6 Å². The highest BCUT2D eigenvalue weighted by Crippen LogP contribution is 2.20. The lowest BCUT2D eigenvalue weighted by Crippen LogP contribution is -2.51. The van der Waals surface area contributed by atoms with E-state index in [0.29, 0.717) is 13.1 Å². The number of hydrogen-bond acceptors (Lipinski definition) is 3. The molecule has 5 heteroatoms. The van der Waals surface area contributed by atoms with E-state index in [1.54, 1.807) is 6.08 Å². The molecular formula is C24H29N3O2. The zero-order valence-electron chi connectivity index (χ0n) is 17.2. The smallest absolute Gasteiger partial charge is 0.249 e. The standard InChI is InChI=1S/C24H29N3O2/c1-3-19(20-10-6-4-7-11-20)18-22(28)25-23(21-12-8-5-9-13-21)24(29)27-16-14-26(2)15-17-27/h4-13,18,23H,3,14-17H2,1-2H3,(H,25,28)/b19-18+/t23-/m0/s1. The third-order valence-corrected chi connectivity index (χ3v) is 5.31. The predicted octanol–water partition coefficient (Wildman–Crippen LogP) is 3.11. The van der Waals surface area contributed by atoms with Gasteiger partial charge in [-0.05, 0) is 30.2 Å². The quantitative estimate of drug-likeness (QED) is 0.770. The molecule has 0 radical (unpaired) electrons. The summed E-state index contributed by atoms with van der Waals surface area (Å²) in [5.41, 5.74) is 2.77. The van der Waals surface area contributed by atoms with Crippen LogP contribution in [0.4, 0.5) is 0 Å². The molecule has 0 unspecified atom stereocenters. The number of carbonyl (C=O) groups excluding carboxylic acids is 2. The van der Waals surface area contributed by atoms with Crippen LogP contribution in [0.5, 0.6) is 0 Å². The van der Waals surface area contributed by atoms with Crippen LogP contribution in [-0.4, -0.2) is 54.8 Å². The van der Waals surface area contributed by atoms with Crippen LogP contribution in [0.15, 0.2) is 66.7 Å². The molecule has 29 heavy (non-hydrogen) atoms. The van der Waals surface area contributed by atoms with Gasteiger partial charge in [0.1, 0.15) is 6.04 Å². The van der Waals surface area contributed by atoms with Crippen LogP contribution < -0.4 is 5.32 Å². The molecule has 2 aromatic carbocycles. The van der Waals surface area contributed by atoms with Crippen molar-refractivity contribution in [1.29, 1.82) is 0 Å². The normalized spacial score (nSPS) is 16.3. The summed E-state index contributed by atoms with van der Waals surface area (Å²) in [5.74, 6) is -0.300. The molecule has 1 heterocycles. The molecule has 2 aromatic rings. The second kappa shape index (κ2) is 10.0. The van der Waals surface area contributed by atoms with Gasteiger partial charge in [0.25, 0.3) is 0 Å². The average Bonchev–Trinajstić information content (AvgIpc) is 2.77. The number of nitrogens with one attached hydrogen (secondary N) is 1. The van der Waals surface area contributed by atoms with Crippen molar-refractivity contribution in [2.24, 2.45) is 0 Å². The number of piperazine rings is 1. The largest absolute Gasteiger partial charge is 0.338 e. The van der Waals surface area contributed by atoms with Gasteiger partial charge in [0, 0.05) is 32.3 Å². The van der Waals surface area contributed by atoms with E-state index in [-0.39, 0.29) is 11.8 Å². The molecule has 0 bridgehead atoms. The zero-order chi connectivity index (χ0) is 20.6. The summed E-state index contributed by atoms with van der Waals surface area (Å²) in [5, 5.41) is 2.96. The van der Waals surface area contributed by atoms with E-state index >= 15 is 0 Å². The minimum atomic E-state index is -0.683. The summed E-state index contributed by atoms with van der Waals surface area (Å²) in [6.07, 6.45) is 2.35. The Morgan fingerprint density at radius 3 is 2.14 bits per heavy atom. The first-order valence-electron chi connectivity index (χ1n) is 10.2. The zero-order valence-corrected chi connectivity index (χ0v) is 17.2. The molecule has 1 aliphatic rings. The number of likely N-dealkylation sites (N-methyl/N-ethyl adjacent to an activating group) is 1. The third kappa shape index (κ3) is 5.55. The number of carbonyl (C=O) groups is 2. The van der Waals surface area contributed by atoms with Crippen molar-refractivity contribution in [3.63, 3.8) is 0 Å². The highest BCUT2D eigenvalue weighted by Gasteiger charge is 2.28. The fourth-order valence-corrected chi connectivity index (χ4v) is 3.53. The van der Waals surface area contributed by atoms with E-state index in [2.05, 4.69) is 17.3 Å². The number of allylic oxidation sites excluding steroid dienone is 1. The van der Waals surface area contributed by atoms with Crippen molar-refractivity contribution < 1.29 is 9.59 Å². The molecule has 2 amide bonds. The van der Waals surface area contributed by atoms with Gasteiger partial charge in [-0.3, -0.25) is 9.59 Å². The molecule has 1 N–H and O–H groups in total. The lowest BCUT2D eigenvalue weighted by atomic mass is 10.0. The molecular weight excluding hydrogens is 362 g/mol. The molecule has 3 rings (SSSR count). The SMILES string of the molecule is CC/C(=C\C(=O)N[C@H](C(=O)N1CCN(C)CC1)c1ccccc1)c1ccccc1. The van der Waals surface area contributed by atoms with Gasteiger partial charge in [-0.2, -0.15) is 0 Å². The summed E-state index contributed by atoms with van der Waals surface area (Å²) in [6, 6.07) is 18.6. The highest BCUT2D eigenvalue weighted by atomic mass is 16.2. The molecule has 0 saturated carbocycles. The molecule has 0 aliphatic carbocycles. The Labute approximate surface area is 173 Å². The topological polar surface area (TPSA) is 52.7 Å². The molecule has 1 atom stereocenters. The maximum atomic E-state index is 13.2. The third-order valence-electron chi connectivity index (χ3n) is 5.31. The fourth-order valence-electron chi connectivity index (χ4n) is 3.53. The van der Waals surface area contributed by atoms with Crippen LogP contribution in [0.1, 0.15) is 30.5 Å². The first-order valence-corrected chi connectivity index (χ1v) is 10.2. The van der Waals surface area contributed by atoms with E-state index in [4.69, 9.17) is 0 Å². The van der Waals surface area contributed by atoms with Crippen molar-refractivity contribution in [3.05, 3.63) is 77.9 Å². The average molecular weight is 392 g/mol. The summed E-state index contributed by atoms with van der Waals surface area (Å²) in [6.45, 7) is 5.06. The van der Waals surface area contributed by atoms with Crippen molar-refractivity contribution >= 4 is 17.4 Å². The van der Waals surface area contributed by atoms with Crippen LogP contribution in [0.3, 0.4) is 0 Å². The van der Waals surface area contributed by atoms with E-state index in [0.717, 1.165) is 36.2 Å². The number of rotatable bonds is 6. The summed E-state index contributed by atoms with van der Waals surface area (Å²) in [7, 11) is 2.05. The van der Waals surface area contributed by atoms with Gasteiger partial charge < -0.3 is 15.1 Å². The number of hydrogen-bond donors (Lipinski definition) is 1. The van der Waals surface area contributed by atoms with Crippen LogP contribution in [0.2, 0.25) is 0 Å². The summed E-state index contributed by atoms with van der Waals surface area (Å²) >= 11 is 0. The molecule has 0 spiro atoms. The molecule has 1 fully saturated rings. The second-order valence-corrected chi connectivity index (χ2v) is 7.37. The Bertz CT molecular complexity index is 841. The van der Waals surface area contributed by atoms with Gasteiger partial charge in [0.2, 0.25) is 11.8 Å². The van der Waals surface area contributed by atoms with Crippen molar-refractivity contribution in [2.75, 3.05) is 33.2 Å². The van der Waals surface area contributed by atoms with Crippen molar-refractivity contribution in [2.45, 2.75) is 19.4 Å². The summed E-state index contributed by atoms with van der Waals surface area (Å²) in [4.78, 5) is 30.1.